The Bertz CT molecular complexity index is 507. The van der Waals surface area contributed by atoms with Crippen molar-refractivity contribution in [2.24, 2.45) is 0 Å². The van der Waals surface area contributed by atoms with E-state index in [0.29, 0.717) is 18.3 Å². The molecule has 0 aliphatic heterocycles. The van der Waals surface area contributed by atoms with Crippen molar-refractivity contribution in [2.75, 3.05) is 6.54 Å². The molecule has 0 spiro atoms. The monoisotopic (exact) mass is 269 g/mol. The Balaban J connectivity index is 0.00000162. The number of rotatable bonds is 4. The molecule has 2 rings (SSSR count). The van der Waals surface area contributed by atoms with Gasteiger partial charge in [-0.2, -0.15) is 0 Å². The van der Waals surface area contributed by atoms with E-state index in [9.17, 15) is 5.11 Å². The second-order valence-corrected chi connectivity index (χ2v) is 4.77. The van der Waals surface area contributed by atoms with Gasteiger partial charge in [-0.15, -0.1) is 12.4 Å². The van der Waals surface area contributed by atoms with Gasteiger partial charge in [0.25, 0.3) is 0 Å². The maximum absolute atomic E-state index is 9.98. The highest BCUT2D eigenvalue weighted by Crippen LogP contribution is 2.24. The van der Waals surface area contributed by atoms with Crippen molar-refractivity contribution in [3.63, 3.8) is 0 Å². The van der Waals surface area contributed by atoms with Gasteiger partial charge in [-0.05, 0) is 24.6 Å². The molecule has 3 nitrogen and oxygen atoms in total. The van der Waals surface area contributed by atoms with Crippen LogP contribution in [0.15, 0.2) is 28.7 Å². The van der Waals surface area contributed by atoms with Crippen LogP contribution in [0.1, 0.15) is 31.3 Å². The van der Waals surface area contributed by atoms with Crippen LogP contribution in [-0.4, -0.2) is 17.7 Å². The van der Waals surface area contributed by atoms with Gasteiger partial charge in [0.15, 0.2) is 0 Å². The maximum Gasteiger partial charge on any atom is 0.135 e. The van der Waals surface area contributed by atoms with E-state index in [1.165, 1.54) is 0 Å². The van der Waals surface area contributed by atoms with Gasteiger partial charge in [0.05, 0.1) is 0 Å². The molecule has 4 heteroatoms. The summed E-state index contributed by atoms with van der Waals surface area (Å²) in [5, 5.41) is 14.2. The number of halogens is 1. The molecule has 0 aliphatic carbocycles. The average Bonchev–Trinajstić information content (AvgIpc) is 2.68. The Hall–Kier alpha value is -1.03. The minimum Gasteiger partial charge on any atom is -0.458 e. The van der Waals surface area contributed by atoms with Crippen LogP contribution in [0.25, 0.3) is 11.0 Å². The summed E-state index contributed by atoms with van der Waals surface area (Å²) in [4.78, 5) is 0. The molecule has 1 heterocycles. The Morgan fingerprint density at radius 2 is 2.00 bits per heavy atom. The summed E-state index contributed by atoms with van der Waals surface area (Å²) in [6.07, 6.45) is -0.592. The average molecular weight is 270 g/mol. The zero-order valence-electron chi connectivity index (χ0n) is 10.9. The molecule has 0 aliphatic rings. The molecule has 1 aromatic carbocycles. The zero-order valence-corrected chi connectivity index (χ0v) is 11.8. The number of aliphatic hydroxyl groups is 1. The molecule has 1 aromatic heterocycles. The van der Waals surface area contributed by atoms with Crippen LogP contribution in [0.2, 0.25) is 0 Å². The molecule has 2 N–H and O–H groups in total. The van der Waals surface area contributed by atoms with E-state index >= 15 is 0 Å². The number of fused-ring (bicyclic) bond motifs is 1. The van der Waals surface area contributed by atoms with Gasteiger partial charge in [0, 0.05) is 18.0 Å². The fraction of sp³-hybridized carbons (Fsp3) is 0.429. The van der Waals surface area contributed by atoms with Crippen LogP contribution in [0, 0.1) is 6.92 Å². The Morgan fingerprint density at radius 1 is 1.28 bits per heavy atom. The second-order valence-electron chi connectivity index (χ2n) is 4.77. The minimum absolute atomic E-state index is 0. The Kier molecular flexibility index (Phi) is 5.20. The lowest BCUT2D eigenvalue weighted by molar-refractivity contribution is 0.147. The fourth-order valence-corrected chi connectivity index (χ4v) is 1.77. The van der Waals surface area contributed by atoms with Gasteiger partial charge < -0.3 is 14.8 Å². The van der Waals surface area contributed by atoms with Crippen molar-refractivity contribution in [1.29, 1.82) is 0 Å². The first-order valence-corrected chi connectivity index (χ1v) is 5.98. The number of hydrogen-bond donors (Lipinski definition) is 2. The first kappa shape index (κ1) is 15.0. The van der Waals surface area contributed by atoms with Crippen molar-refractivity contribution in [1.82, 2.24) is 5.32 Å². The highest BCUT2D eigenvalue weighted by Gasteiger charge is 2.13. The second kappa shape index (κ2) is 6.23. The molecular formula is C14H20ClNO2. The number of nitrogens with one attached hydrogen (secondary N) is 1. The van der Waals surface area contributed by atoms with Crippen LogP contribution in [0.5, 0.6) is 0 Å². The summed E-state index contributed by atoms with van der Waals surface area (Å²) < 4.78 is 5.65. The highest BCUT2D eigenvalue weighted by atomic mass is 35.5. The van der Waals surface area contributed by atoms with Gasteiger partial charge >= 0.3 is 0 Å². The van der Waals surface area contributed by atoms with Crippen molar-refractivity contribution in [2.45, 2.75) is 32.9 Å². The van der Waals surface area contributed by atoms with Gasteiger partial charge in [-0.1, -0.05) is 26.0 Å². The molecule has 100 valence electrons. The molecule has 0 amide bonds. The number of aliphatic hydroxyl groups excluding tert-OH is 1. The Labute approximate surface area is 114 Å². The SMILES string of the molecule is Cc1ccc2cc(C(O)CNC(C)C)oc2c1.Cl. The molecular weight excluding hydrogens is 250 g/mol. The molecule has 1 unspecified atom stereocenters. The first-order chi connectivity index (χ1) is 8.06. The maximum atomic E-state index is 9.98. The van der Waals surface area contributed by atoms with Gasteiger partial charge in [-0.25, -0.2) is 0 Å². The molecule has 1 atom stereocenters. The number of benzene rings is 1. The van der Waals surface area contributed by atoms with Crippen LogP contribution >= 0.6 is 12.4 Å². The lowest BCUT2D eigenvalue weighted by Crippen LogP contribution is -2.27. The topological polar surface area (TPSA) is 45.4 Å². The van der Waals surface area contributed by atoms with E-state index in [1.54, 1.807) is 0 Å². The van der Waals surface area contributed by atoms with Gasteiger partial charge in [0.1, 0.15) is 17.4 Å². The predicted octanol–water partition coefficient (Wildman–Crippen LogP) is 3.19. The summed E-state index contributed by atoms with van der Waals surface area (Å²) in [5.41, 5.74) is 2.00. The highest BCUT2D eigenvalue weighted by molar-refractivity contribution is 5.85. The van der Waals surface area contributed by atoms with E-state index in [-0.39, 0.29) is 12.4 Å². The summed E-state index contributed by atoms with van der Waals surface area (Å²) in [6.45, 7) is 6.64. The van der Waals surface area contributed by atoms with Crippen molar-refractivity contribution >= 4 is 23.4 Å². The molecule has 18 heavy (non-hydrogen) atoms. The standard InChI is InChI=1S/C14H19NO2.ClH/c1-9(2)15-8-12(16)14-7-11-5-4-10(3)6-13(11)17-14;/h4-7,9,12,15-16H,8H2,1-3H3;1H. The smallest absolute Gasteiger partial charge is 0.135 e. The third-order valence-corrected chi connectivity index (χ3v) is 2.74. The largest absolute Gasteiger partial charge is 0.458 e. The molecule has 0 saturated carbocycles. The Morgan fingerprint density at radius 3 is 2.67 bits per heavy atom. The van der Waals surface area contributed by atoms with Crippen molar-refractivity contribution in [3.8, 4) is 0 Å². The quantitative estimate of drug-likeness (QED) is 0.896. The predicted molar refractivity (Wildman–Crippen MR) is 76.3 cm³/mol. The third-order valence-electron chi connectivity index (χ3n) is 2.74. The molecule has 0 bridgehead atoms. The summed E-state index contributed by atoms with van der Waals surface area (Å²) in [7, 11) is 0. The molecule has 0 fully saturated rings. The fourth-order valence-electron chi connectivity index (χ4n) is 1.77. The van der Waals surface area contributed by atoms with Crippen LogP contribution < -0.4 is 5.32 Å². The van der Waals surface area contributed by atoms with Gasteiger partial charge in [-0.3, -0.25) is 0 Å². The lowest BCUT2D eigenvalue weighted by Gasteiger charge is -2.11. The van der Waals surface area contributed by atoms with Crippen LogP contribution in [-0.2, 0) is 0 Å². The van der Waals surface area contributed by atoms with E-state index in [1.807, 2.05) is 31.2 Å². The van der Waals surface area contributed by atoms with Crippen LogP contribution in [0.4, 0.5) is 0 Å². The van der Waals surface area contributed by atoms with E-state index < -0.39 is 6.10 Å². The normalized spacial score (nSPS) is 12.7. The van der Waals surface area contributed by atoms with Gasteiger partial charge in [0.2, 0.25) is 0 Å². The minimum atomic E-state index is -0.592. The summed E-state index contributed by atoms with van der Waals surface area (Å²) in [5.74, 6) is 0.624. The molecule has 0 radical (unpaired) electrons. The van der Waals surface area contributed by atoms with E-state index in [2.05, 4.69) is 19.2 Å². The first-order valence-electron chi connectivity index (χ1n) is 5.98. The number of furan rings is 1. The molecule has 2 aromatic rings. The summed E-state index contributed by atoms with van der Waals surface area (Å²) in [6, 6.07) is 8.31. The number of aryl methyl sites for hydroxylation is 1. The van der Waals surface area contributed by atoms with Crippen molar-refractivity contribution < 1.29 is 9.52 Å². The lowest BCUT2D eigenvalue weighted by atomic mass is 10.2. The molecule has 0 saturated heterocycles. The van der Waals surface area contributed by atoms with Crippen LogP contribution in [0.3, 0.4) is 0 Å². The van der Waals surface area contributed by atoms with Crippen molar-refractivity contribution in [3.05, 3.63) is 35.6 Å². The van der Waals surface area contributed by atoms with E-state index in [4.69, 9.17) is 4.42 Å². The zero-order chi connectivity index (χ0) is 12.4. The number of hydrogen-bond acceptors (Lipinski definition) is 3. The van der Waals surface area contributed by atoms with E-state index in [0.717, 1.165) is 16.5 Å². The summed E-state index contributed by atoms with van der Waals surface area (Å²) >= 11 is 0. The third kappa shape index (κ3) is 3.48.